The number of alkyl halides is 3. The predicted octanol–water partition coefficient (Wildman–Crippen LogP) is 4.77. The largest absolute Gasteiger partial charge is 0.417 e. The van der Waals surface area contributed by atoms with Crippen molar-refractivity contribution < 1.29 is 17.9 Å². The van der Waals surface area contributed by atoms with Gasteiger partial charge in [0.05, 0.1) is 58.4 Å². The van der Waals surface area contributed by atoms with E-state index in [2.05, 4.69) is 10.00 Å². The number of aromatic nitrogens is 6. The van der Waals surface area contributed by atoms with E-state index in [0.29, 0.717) is 59.9 Å². The molecule has 4 heterocycles. The lowest BCUT2D eigenvalue weighted by Gasteiger charge is -2.30. The number of halogens is 3. The summed E-state index contributed by atoms with van der Waals surface area (Å²) in [5, 5.41) is 4.09. The number of imidazole rings is 2. The fourth-order valence-electron chi connectivity index (χ4n) is 5.71. The number of hydrogen-bond acceptors (Lipinski definition) is 5. The highest BCUT2D eigenvalue weighted by molar-refractivity contribution is 5.93. The van der Waals surface area contributed by atoms with Crippen molar-refractivity contribution in [3.63, 3.8) is 0 Å². The molecule has 1 aliphatic rings. The second-order valence-electron chi connectivity index (χ2n) is 11.6. The van der Waals surface area contributed by atoms with Crippen LogP contribution >= 0.6 is 0 Å². The Balaban J connectivity index is 1.71. The third-order valence-electron chi connectivity index (χ3n) is 7.72. The first-order valence-electron chi connectivity index (χ1n) is 13.4. The van der Waals surface area contributed by atoms with E-state index in [-0.39, 0.29) is 11.3 Å². The van der Waals surface area contributed by atoms with Crippen LogP contribution in [-0.2, 0) is 37.5 Å². The highest BCUT2D eigenvalue weighted by atomic mass is 19.4. The minimum atomic E-state index is -4.61. The Labute approximate surface area is 234 Å². The minimum Gasteiger partial charge on any atom is -0.378 e. The lowest BCUT2D eigenvalue weighted by atomic mass is 9.95. The van der Waals surface area contributed by atoms with Crippen molar-refractivity contribution in [2.24, 2.45) is 21.1 Å². The van der Waals surface area contributed by atoms with Gasteiger partial charge in [-0.15, -0.1) is 0 Å². The molecule has 41 heavy (non-hydrogen) atoms. The van der Waals surface area contributed by atoms with Gasteiger partial charge in [-0.1, -0.05) is 20.8 Å². The van der Waals surface area contributed by atoms with Crippen LogP contribution in [0.15, 0.2) is 41.5 Å². The maximum Gasteiger partial charge on any atom is 0.417 e. The van der Waals surface area contributed by atoms with E-state index in [1.807, 2.05) is 32.9 Å². The minimum absolute atomic E-state index is 0.0260. The second kappa shape index (κ2) is 9.23. The molecule has 0 bridgehead atoms. The normalized spacial score (nSPS) is 15.0. The molecule has 0 unspecified atom stereocenters. The Kier molecular flexibility index (Phi) is 6.11. The van der Waals surface area contributed by atoms with Gasteiger partial charge in [-0.2, -0.15) is 18.3 Å². The smallest absolute Gasteiger partial charge is 0.378 e. The summed E-state index contributed by atoms with van der Waals surface area (Å²) in [5.74, 6) is 0.608. The molecule has 0 radical (unpaired) electrons. The molecule has 1 aliphatic heterocycles. The Morgan fingerprint density at radius 1 is 0.927 bits per heavy atom. The fraction of sp³-hybridized carbons (Fsp3) is 0.414. The van der Waals surface area contributed by atoms with Crippen molar-refractivity contribution in [3.8, 4) is 16.8 Å². The molecule has 5 aromatic rings. The summed E-state index contributed by atoms with van der Waals surface area (Å²) >= 11 is 0. The van der Waals surface area contributed by atoms with E-state index < -0.39 is 17.2 Å². The summed E-state index contributed by atoms with van der Waals surface area (Å²) in [6, 6.07) is 6.49. The van der Waals surface area contributed by atoms with Crippen LogP contribution in [0.2, 0.25) is 0 Å². The predicted molar refractivity (Wildman–Crippen MR) is 152 cm³/mol. The van der Waals surface area contributed by atoms with Gasteiger partial charge in [0.15, 0.2) is 0 Å². The summed E-state index contributed by atoms with van der Waals surface area (Å²) < 4.78 is 55.7. The topological polar surface area (TPSA) is 75.0 Å². The fourth-order valence-corrected chi connectivity index (χ4v) is 5.71. The average molecular weight is 568 g/mol. The second-order valence-corrected chi connectivity index (χ2v) is 11.6. The third kappa shape index (κ3) is 4.41. The SMILES string of the molecule is Cn1cc(-c2cc3nc(C(C)(C)C)n(-c4cc(N5CCOCC5)c5c(c4)n(C)c(=O)n5C)c3cc2C(F)(F)F)cn1. The first kappa shape index (κ1) is 27.1. The number of anilines is 1. The zero-order valence-electron chi connectivity index (χ0n) is 23.9. The van der Waals surface area contributed by atoms with Gasteiger partial charge in [0.2, 0.25) is 0 Å². The van der Waals surface area contributed by atoms with E-state index >= 15 is 0 Å². The number of hydrogen-bond donors (Lipinski definition) is 0. The van der Waals surface area contributed by atoms with Gasteiger partial charge in [0.1, 0.15) is 5.82 Å². The number of morpholine rings is 1. The van der Waals surface area contributed by atoms with Crippen molar-refractivity contribution in [2.45, 2.75) is 32.4 Å². The van der Waals surface area contributed by atoms with E-state index in [9.17, 15) is 18.0 Å². The summed E-state index contributed by atoms with van der Waals surface area (Å²) in [6.07, 6.45) is -1.62. The third-order valence-corrected chi connectivity index (χ3v) is 7.72. The van der Waals surface area contributed by atoms with Crippen molar-refractivity contribution in [2.75, 3.05) is 31.2 Å². The lowest BCUT2D eigenvalue weighted by Crippen LogP contribution is -2.36. The Hall–Kier alpha value is -4.06. The number of aryl methyl sites for hydroxylation is 3. The van der Waals surface area contributed by atoms with Crippen LogP contribution in [-0.4, -0.2) is 54.8 Å². The Morgan fingerprint density at radius 2 is 1.63 bits per heavy atom. The molecule has 2 aromatic carbocycles. The molecule has 1 fully saturated rings. The molecule has 0 N–H and O–H groups in total. The number of fused-ring (bicyclic) bond motifs is 2. The highest BCUT2D eigenvalue weighted by Gasteiger charge is 2.36. The van der Waals surface area contributed by atoms with Crippen molar-refractivity contribution >= 4 is 27.8 Å². The molecule has 216 valence electrons. The number of ether oxygens (including phenoxy) is 1. The summed E-state index contributed by atoms with van der Waals surface area (Å²) in [6.45, 7) is 8.29. The highest BCUT2D eigenvalue weighted by Crippen LogP contribution is 2.42. The van der Waals surface area contributed by atoms with Crippen molar-refractivity contribution in [1.82, 2.24) is 28.5 Å². The molecule has 9 nitrogen and oxygen atoms in total. The van der Waals surface area contributed by atoms with Crippen LogP contribution in [0, 0.1) is 0 Å². The summed E-state index contributed by atoms with van der Waals surface area (Å²) in [4.78, 5) is 20.1. The van der Waals surface area contributed by atoms with Crippen molar-refractivity contribution in [1.29, 1.82) is 0 Å². The van der Waals surface area contributed by atoms with Crippen LogP contribution in [0.1, 0.15) is 32.2 Å². The van der Waals surface area contributed by atoms with Crippen LogP contribution in [0.4, 0.5) is 18.9 Å². The zero-order chi connectivity index (χ0) is 29.4. The monoisotopic (exact) mass is 567 g/mol. The van der Waals surface area contributed by atoms with E-state index in [0.717, 1.165) is 11.2 Å². The van der Waals surface area contributed by atoms with Crippen LogP contribution in [0.5, 0.6) is 0 Å². The maximum absolute atomic E-state index is 14.5. The quantitative estimate of drug-likeness (QED) is 0.314. The number of rotatable bonds is 3. The summed E-state index contributed by atoms with van der Waals surface area (Å²) in [7, 11) is 5.11. The molecule has 0 aliphatic carbocycles. The van der Waals surface area contributed by atoms with Gasteiger partial charge < -0.3 is 9.64 Å². The molecule has 0 atom stereocenters. The van der Waals surface area contributed by atoms with Crippen LogP contribution in [0.3, 0.4) is 0 Å². The molecular formula is C29H32F3N7O2. The van der Waals surface area contributed by atoms with Gasteiger partial charge >= 0.3 is 11.9 Å². The molecular weight excluding hydrogens is 535 g/mol. The van der Waals surface area contributed by atoms with Crippen LogP contribution < -0.4 is 10.6 Å². The van der Waals surface area contributed by atoms with E-state index in [1.165, 1.54) is 23.0 Å². The molecule has 1 saturated heterocycles. The van der Waals surface area contributed by atoms with Gasteiger partial charge in [-0.05, 0) is 29.8 Å². The standard InChI is InChI=1S/C29H32F3N7O2/c1-28(2,3)26-34-21-13-19(17-15-33-35(4)16-17)20(29(30,31)32)14-22(21)39(26)18-11-23-25(37(6)27(40)36(23)5)24(12-18)38-7-9-41-10-8-38/h11-16H,7-10H2,1-6H3. The maximum atomic E-state index is 14.5. The molecule has 3 aromatic heterocycles. The Morgan fingerprint density at radius 3 is 2.24 bits per heavy atom. The summed E-state index contributed by atoms with van der Waals surface area (Å²) in [5.41, 5.74) is 2.62. The van der Waals surface area contributed by atoms with E-state index in [4.69, 9.17) is 9.72 Å². The number of benzene rings is 2. The zero-order valence-corrected chi connectivity index (χ0v) is 23.9. The average Bonchev–Trinajstić information content (AvgIpc) is 3.58. The molecule has 0 spiro atoms. The first-order valence-corrected chi connectivity index (χ1v) is 13.4. The Bertz CT molecular complexity index is 1860. The molecule has 0 saturated carbocycles. The lowest BCUT2D eigenvalue weighted by molar-refractivity contribution is -0.137. The first-order chi connectivity index (χ1) is 19.3. The van der Waals surface area contributed by atoms with Gasteiger partial charge in [0.25, 0.3) is 0 Å². The number of nitrogens with zero attached hydrogens (tertiary/aromatic N) is 7. The van der Waals surface area contributed by atoms with Gasteiger partial charge in [-0.25, -0.2) is 9.78 Å². The van der Waals surface area contributed by atoms with Crippen molar-refractivity contribution in [3.05, 3.63) is 58.5 Å². The molecule has 12 heteroatoms. The van der Waals surface area contributed by atoms with Crippen LogP contribution in [0.25, 0.3) is 38.9 Å². The molecule has 0 amide bonds. The molecule has 6 rings (SSSR count). The van der Waals surface area contributed by atoms with Gasteiger partial charge in [0, 0.05) is 51.4 Å². The van der Waals surface area contributed by atoms with E-state index in [1.54, 1.807) is 41.0 Å². The van der Waals surface area contributed by atoms with Gasteiger partial charge in [-0.3, -0.25) is 18.4 Å².